The summed E-state index contributed by atoms with van der Waals surface area (Å²) >= 11 is 1.41. The number of hydrogen-bond acceptors (Lipinski definition) is 5. The van der Waals surface area contributed by atoms with Crippen LogP contribution in [0.15, 0.2) is 16.2 Å². The van der Waals surface area contributed by atoms with E-state index in [4.69, 9.17) is 0 Å². The number of H-pyrrole nitrogens is 1. The van der Waals surface area contributed by atoms with E-state index in [1.54, 1.807) is 6.92 Å². The number of nitrogens with one attached hydrogen (secondary N) is 1. The summed E-state index contributed by atoms with van der Waals surface area (Å²) in [4.78, 5) is 34.5. The number of fused-ring (bicyclic) bond motifs is 1. The Morgan fingerprint density at radius 1 is 1.40 bits per heavy atom. The Kier molecular flexibility index (Phi) is 3.54. The Balaban J connectivity index is 1.71. The maximum absolute atomic E-state index is 11.9. The van der Waals surface area contributed by atoms with Crippen LogP contribution in [0.2, 0.25) is 0 Å². The first kappa shape index (κ1) is 13.3. The van der Waals surface area contributed by atoms with Gasteiger partial charge in [-0.25, -0.2) is 4.98 Å². The van der Waals surface area contributed by atoms with Gasteiger partial charge in [0.15, 0.2) is 0 Å². The van der Waals surface area contributed by atoms with Crippen molar-refractivity contribution in [1.29, 1.82) is 0 Å². The molecule has 0 aromatic carbocycles. The van der Waals surface area contributed by atoms with Crippen molar-refractivity contribution in [2.24, 2.45) is 0 Å². The molecule has 0 atom stereocenters. The zero-order valence-electron chi connectivity index (χ0n) is 11.3. The molecule has 0 bridgehead atoms. The minimum atomic E-state index is -0.0672. The molecular formula is C13H16N4O2S. The van der Waals surface area contributed by atoms with E-state index in [0.717, 1.165) is 31.7 Å². The first-order chi connectivity index (χ1) is 9.63. The van der Waals surface area contributed by atoms with E-state index in [1.807, 2.05) is 16.3 Å². The van der Waals surface area contributed by atoms with E-state index in [0.29, 0.717) is 17.1 Å². The van der Waals surface area contributed by atoms with Crippen LogP contribution in [0.1, 0.15) is 12.7 Å². The number of carbonyl (C=O) groups excluding carboxylic acids is 1. The highest BCUT2D eigenvalue weighted by Crippen LogP contribution is 2.14. The van der Waals surface area contributed by atoms with Crippen molar-refractivity contribution in [3.63, 3.8) is 0 Å². The van der Waals surface area contributed by atoms with Gasteiger partial charge in [-0.3, -0.25) is 14.5 Å². The Hall–Kier alpha value is -1.73. The lowest BCUT2D eigenvalue weighted by molar-refractivity contribution is -0.130. The molecule has 2 aromatic heterocycles. The van der Waals surface area contributed by atoms with Gasteiger partial charge in [0.2, 0.25) is 5.91 Å². The van der Waals surface area contributed by atoms with E-state index in [1.165, 1.54) is 11.3 Å². The molecule has 20 heavy (non-hydrogen) atoms. The summed E-state index contributed by atoms with van der Waals surface area (Å²) in [6.45, 7) is 5.31. The molecule has 3 heterocycles. The van der Waals surface area contributed by atoms with Crippen molar-refractivity contribution in [1.82, 2.24) is 19.8 Å². The van der Waals surface area contributed by atoms with E-state index >= 15 is 0 Å². The molecule has 106 valence electrons. The van der Waals surface area contributed by atoms with Crippen LogP contribution in [-0.2, 0) is 11.3 Å². The summed E-state index contributed by atoms with van der Waals surface area (Å²) in [7, 11) is 0. The maximum atomic E-state index is 11.9. The number of piperazine rings is 1. The van der Waals surface area contributed by atoms with Gasteiger partial charge < -0.3 is 9.88 Å². The summed E-state index contributed by atoms with van der Waals surface area (Å²) in [5.74, 6) is 0.813. The van der Waals surface area contributed by atoms with Crippen LogP contribution < -0.4 is 5.56 Å². The fourth-order valence-corrected chi connectivity index (χ4v) is 3.15. The molecule has 1 fully saturated rings. The molecule has 1 N–H and O–H groups in total. The first-order valence-corrected chi connectivity index (χ1v) is 7.46. The number of amides is 1. The van der Waals surface area contributed by atoms with E-state index < -0.39 is 0 Å². The molecule has 3 rings (SSSR count). The van der Waals surface area contributed by atoms with Crippen molar-refractivity contribution < 1.29 is 4.79 Å². The number of nitrogens with zero attached hydrogens (tertiary/aromatic N) is 3. The highest BCUT2D eigenvalue weighted by Gasteiger charge is 2.19. The van der Waals surface area contributed by atoms with Gasteiger partial charge in [-0.05, 0) is 11.4 Å². The highest BCUT2D eigenvalue weighted by molar-refractivity contribution is 7.17. The predicted octanol–water partition coefficient (Wildman–Crippen LogP) is 0.649. The number of rotatable bonds is 2. The lowest BCUT2D eigenvalue weighted by atomic mass is 10.3. The standard InChI is InChI=1S/C13H16N4O2S/c1-9(18)17-5-3-16(4-6-17)8-11-14-10-2-7-20-12(10)13(19)15-11/h2,7H,3-6,8H2,1H3,(H,14,15,19). The zero-order valence-corrected chi connectivity index (χ0v) is 12.1. The van der Waals surface area contributed by atoms with Crippen LogP contribution in [0, 0.1) is 0 Å². The molecule has 2 aromatic rings. The second kappa shape index (κ2) is 5.34. The number of hydrogen-bond donors (Lipinski definition) is 1. The number of thiophene rings is 1. The topological polar surface area (TPSA) is 69.3 Å². The third kappa shape index (κ3) is 2.59. The monoisotopic (exact) mass is 292 g/mol. The van der Waals surface area contributed by atoms with Crippen molar-refractivity contribution in [3.8, 4) is 0 Å². The molecular weight excluding hydrogens is 276 g/mol. The molecule has 7 heteroatoms. The quantitative estimate of drug-likeness (QED) is 0.882. The molecule has 0 saturated carbocycles. The molecule has 1 aliphatic heterocycles. The van der Waals surface area contributed by atoms with Gasteiger partial charge >= 0.3 is 0 Å². The molecule has 1 amide bonds. The fourth-order valence-electron chi connectivity index (χ4n) is 2.43. The lowest BCUT2D eigenvalue weighted by Gasteiger charge is -2.33. The zero-order chi connectivity index (χ0) is 14.1. The van der Waals surface area contributed by atoms with Crippen LogP contribution >= 0.6 is 11.3 Å². The second-order valence-electron chi connectivity index (χ2n) is 4.93. The van der Waals surface area contributed by atoms with Crippen LogP contribution in [0.3, 0.4) is 0 Å². The summed E-state index contributed by atoms with van der Waals surface area (Å²) < 4.78 is 0.676. The fraction of sp³-hybridized carbons (Fsp3) is 0.462. The second-order valence-corrected chi connectivity index (χ2v) is 5.85. The Morgan fingerprint density at radius 3 is 2.85 bits per heavy atom. The van der Waals surface area contributed by atoms with Gasteiger partial charge in [-0.15, -0.1) is 11.3 Å². The van der Waals surface area contributed by atoms with Gasteiger partial charge in [-0.1, -0.05) is 0 Å². The third-order valence-electron chi connectivity index (χ3n) is 3.55. The molecule has 0 spiro atoms. The van der Waals surface area contributed by atoms with Crippen LogP contribution in [-0.4, -0.2) is 51.9 Å². The molecule has 0 aliphatic carbocycles. The summed E-state index contributed by atoms with van der Waals surface area (Å²) in [6.07, 6.45) is 0. The molecule has 1 saturated heterocycles. The lowest BCUT2D eigenvalue weighted by Crippen LogP contribution is -2.47. The van der Waals surface area contributed by atoms with Crippen molar-refractivity contribution in [2.75, 3.05) is 26.2 Å². The highest BCUT2D eigenvalue weighted by atomic mass is 32.1. The SMILES string of the molecule is CC(=O)N1CCN(Cc2nc3ccsc3c(=O)[nH]2)CC1. The minimum absolute atomic E-state index is 0.0672. The van der Waals surface area contributed by atoms with E-state index in [2.05, 4.69) is 14.9 Å². The minimum Gasteiger partial charge on any atom is -0.340 e. The summed E-state index contributed by atoms with van der Waals surface area (Å²) in [5, 5.41) is 1.88. The van der Waals surface area contributed by atoms with Crippen LogP contribution in [0.5, 0.6) is 0 Å². The van der Waals surface area contributed by atoms with E-state index in [-0.39, 0.29) is 11.5 Å². The predicted molar refractivity (Wildman–Crippen MR) is 77.8 cm³/mol. The Bertz CT molecular complexity index is 685. The van der Waals surface area contributed by atoms with E-state index in [9.17, 15) is 9.59 Å². The Labute approximate surface area is 120 Å². The normalized spacial score (nSPS) is 16.8. The molecule has 6 nitrogen and oxygen atoms in total. The largest absolute Gasteiger partial charge is 0.340 e. The maximum Gasteiger partial charge on any atom is 0.268 e. The summed E-state index contributed by atoms with van der Waals surface area (Å²) in [5.41, 5.74) is 0.693. The molecule has 1 aliphatic rings. The van der Waals surface area contributed by atoms with Crippen molar-refractivity contribution >= 4 is 27.5 Å². The van der Waals surface area contributed by atoms with Crippen LogP contribution in [0.4, 0.5) is 0 Å². The number of aromatic amines is 1. The number of carbonyl (C=O) groups is 1. The average Bonchev–Trinajstić information content (AvgIpc) is 2.88. The van der Waals surface area contributed by atoms with Crippen molar-refractivity contribution in [3.05, 3.63) is 27.6 Å². The third-order valence-corrected chi connectivity index (χ3v) is 4.46. The smallest absolute Gasteiger partial charge is 0.268 e. The van der Waals surface area contributed by atoms with Crippen LogP contribution in [0.25, 0.3) is 10.2 Å². The molecule has 0 unspecified atom stereocenters. The first-order valence-electron chi connectivity index (χ1n) is 6.58. The summed E-state index contributed by atoms with van der Waals surface area (Å²) in [6, 6.07) is 1.87. The molecule has 0 radical (unpaired) electrons. The number of aromatic nitrogens is 2. The van der Waals surface area contributed by atoms with Gasteiger partial charge in [0.1, 0.15) is 10.5 Å². The van der Waals surface area contributed by atoms with Gasteiger partial charge in [0.05, 0.1) is 12.1 Å². The van der Waals surface area contributed by atoms with Gasteiger partial charge in [-0.2, -0.15) is 0 Å². The van der Waals surface area contributed by atoms with Gasteiger partial charge in [0.25, 0.3) is 5.56 Å². The van der Waals surface area contributed by atoms with Crippen molar-refractivity contribution in [2.45, 2.75) is 13.5 Å². The van der Waals surface area contributed by atoms with Gasteiger partial charge in [0, 0.05) is 33.1 Å². The Morgan fingerprint density at radius 2 is 2.15 bits per heavy atom. The average molecular weight is 292 g/mol.